The smallest absolute Gasteiger partial charge is 0.311 e. The van der Waals surface area contributed by atoms with Crippen molar-refractivity contribution in [3.05, 3.63) is 23.8 Å². The van der Waals surface area contributed by atoms with Gasteiger partial charge in [0.15, 0.2) is 17.6 Å². The van der Waals surface area contributed by atoms with Crippen molar-refractivity contribution in [2.45, 2.75) is 58.6 Å². The fourth-order valence-electron chi connectivity index (χ4n) is 3.54. The van der Waals surface area contributed by atoms with Crippen LogP contribution < -0.4 is 14.8 Å². The van der Waals surface area contributed by atoms with Crippen LogP contribution in [-0.4, -0.2) is 38.2 Å². The van der Waals surface area contributed by atoms with Gasteiger partial charge in [-0.2, -0.15) is 0 Å². The summed E-state index contributed by atoms with van der Waals surface area (Å²) in [5.41, 5.74) is 0.736. The van der Waals surface area contributed by atoms with E-state index in [1.807, 2.05) is 0 Å². The molecule has 1 saturated carbocycles. The van der Waals surface area contributed by atoms with Gasteiger partial charge in [0.1, 0.15) is 0 Å². The molecule has 1 aromatic carbocycles. The molecule has 0 bridgehead atoms. The molecule has 27 heavy (non-hydrogen) atoms. The Morgan fingerprint density at radius 2 is 1.85 bits per heavy atom. The van der Waals surface area contributed by atoms with Crippen LogP contribution in [0.1, 0.15) is 45.6 Å². The average Bonchev–Trinajstić information content (AvgIpc) is 2.65. The fraction of sp³-hybridized carbons (Fsp3) is 0.619. The summed E-state index contributed by atoms with van der Waals surface area (Å²) in [5, 5.41) is 3.05. The molecule has 1 fully saturated rings. The van der Waals surface area contributed by atoms with Crippen molar-refractivity contribution in [2.24, 2.45) is 11.8 Å². The van der Waals surface area contributed by atoms with Gasteiger partial charge in [0.2, 0.25) is 0 Å². The lowest BCUT2D eigenvalue weighted by Gasteiger charge is -2.35. The number of esters is 1. The third-order valence-corrected chi connectivity index (χ3v) is 5.51. The van der Waals surface area contributed by atoms with E-state index in [2.05, 4.69) is 19.2 Å². The highest BCUT2D eigenvalue weighted by molar-refractivity contribution is 5.84. The number of rotatable bonds is 7. The van der Waals surface area contributed by atoms with Gasteiger partial charge >= 0.3 is 5.97 Å². The minimum absolute atomic E-state index is 0.0643. The van der Waals surface area contributed by atoms with E-state index in [9.17, 15) is 9.59 Å². The molecule has 0 aliphatic heterocycles. The van der Waals surface area contributed by atoms with Gasteiger partial charge in [0.25, 0.3) is 5.91 Å². The van der Waals surface area contributed by atoms with Crippen LogP contribution in [0.5, 0.6) is 11.5 Å². The van der Waals surface area contributed by atoms with Crippen LogP contribution in [-0.2, 0) is 20.7 Å². The molecule has 0 aromatic heterocycles. The Kier molecular flexibility index (Phi) is 7.51. The van der Waals surface area contributed by atoms with E-state index < -0.39 is 12.1 Å². The molecule has 0 unspecified atom stereocenters. The number of amides is 1. The van der Waals surface area contributed by atoms with Crippen molar-refractivity contribution < 1.29 is 23.8 Å². The van der Waals surface area contributed by atoms with E-state index in [-0.39, 0.29) is 18.4 Å². The number of benzene rings is 1. The Morgan fingerprint density at radius 3 is 2.52 bits per heavy atom. The second-order valence-corrected chi connectivity index (χ2v) is 7.38. The zero-order chi connectivity index (χ0) is 20.0. The summed E-state index contributed by atoms with van der Waals surface area (Å²) >= 11 is 0. The average molecular weight is 377 g/mol. The maximum Gasteiger partial charge on any atom is 0.311 e. The van der Waals surface area contributed by atoms with Gasteiger partial charge < -0.3 is 19.5 Å². The largest absolute Gasteiger partial charge is 0.493 e. The lowest BCUT2D eigenvalue weighted by Crippen LogP contribution is -2.47. The highest BCUT2D eigenvalue weighted by atomic mass is 16.5. The lowest BCUT2D eigenvalue weighted by molar-refractivity contribution is -0.154. The molecule has 6 nitrogen and oxygen atoms in total. The van der Waals surface area contributed by atoms with Crippen molar-refractivity contribution in [1.29, 1.82) is 0 Å². The molecule has 0 radical (unpaired) electrons. The molecule has 1 aliphatic carbocycles. The highest BCUT2D eigenvalue weighted by Gasteiger charge is 2.30. The van der Waals surface area contributed by atoms with Crippen LogP contribution >= 0.6 is 0 Å². The van der Waals surface area contributed by atoms with E-state index in [0.717, 1.165) is 18.4 Å². The molecule has 2 rings (SSSR count). The molecule has 4 atom stereocenters. The number of carbonyl (C=O) groups excluding carboxylic acids is 2. The molecule has 1 aliphatic rings. The Labute approximate surface area is 161 Å². The van der Waals surface area contributed by atoms with E-state index in [0.29, 0.717) is 23.3 Å². The van der Waals surface area contributed by atoms with E-state index in [1.54, 1.807) is 39.3 Å². The van der Waals surface area contributed by atoms with Gasteiger partial charge in [-0.25, -0.2) is 0 Å². The standard InChI is InChI=1S/C21H31NO5/c1-13-7-6-8-17(14(13)2)22-21(24)15(3)27-20(23)12-16-9-10-18(25-4)19(11-16)26-5/h9-11,13-15,17H,6-8,12H2,1-5H3,(H,22,24)/t13-,14+,15-,17+/m1/s1. The van der Waals surface area contributed by atoms with Crippen molar-refractivity contribution in [3.8, 4) is 11.5 Å². The normalized spacial score (nSPS) is 23.2. The molecule has 1 amide bonds. The van der Waals surface area contributed by atoms with Crippen LogP contribution in [0.3, 0.4) is 0 Å². The zero-order valence-electron chi connectivity index (χ0n) is 16.9. The van der Waals surface area contributed by atoms with Gasteiger partial charge in [-0.1, -0.05) is 32.8 Å². The molecule has 150 valence electrons. The number of hydrogen-bond acceptors (Lipinski definition) is 5. The van der Waals surface area contributed by atoms with Crippen LogP contribution in [0, 0.1) is 11.8 Å². The predicted octanol–water partition coefficient (Wildman–Crippen LogP) is 3.12. The van der Waals surface area contributed by atoms with Crippen LogP contribution in [0.25, 0.3) is 0 Å². The van der Waals surface area contributed by atoms with Crippen LogP contribution in [0.15, 0.2) is 18.2 Å². The summed E-state index contributed by atoms with van der Waals surface area (Å²) in [6, 6.07) is 5.39. The summed E-state index contributed by atoms with van der Waals surface area (Å²) < 4.78 is 15.8. The maximum absolute atomic E-state index is 12.4. The minimum Gasteiger partial charge on any atom is -0.493 e. The molecular formula is C21H31NO5. The van der Waals surface area contributed by atoms with Crippen LogP contribution in [0.4, 0.5) is 0 Å². The Balaban J connectivity index is 1.88. The SMILES string of the molecule is COc1ccc(CC(=O)O[C@H](C)C(=O)N[C@H]2CCC[C@@H](C)[C@@H]2C)cc1OC. The monoisotopic (exact) mass is 377 g/mol. The van der Waals surface area contributed by atoms with Crippen molar-refractivity contribution in [1.82, 2.24) is 5.32 Å². The lowest BCUT2D eigenvalue weighted by atomic mass is 9.78. The fourth-order valence-corrected chi connectivity index (χ4v) is 3.54. The van der Waals surface area contributed by atoms with Gasteiger partial charge in [0, 0.05) is 6.04 Å². The Morgan fingerprint density at radius 1 is 1.15 bits per heavy atom. The van der Waals surface area contributed by atoms with Crippen molar-refractivity contribution in [3.63, 3.8) is 0 Å². The molecule has 1 aromatic rings. The van der Waals surface area contributed by atoms with E-state index in [1.165, 1.54) is 6.42 Å². The van der Waals surface area contributed by atoms with Gasteiger partial charge in [-0.15, -0.1) is 0 Å². The zero-order valence-corrected chi connectivity index (χ0v) is 16.9. The van der Waals surface area contributed by atoms with E-state index >= 15 is 0 Å². The van der Waals surface area contributed by atoms with Gasteiger partial charge in [0.05, 0.1) is 20.6 Å². The first-order valence-electron chi connectivity index (χ1n) is 9.56. The number of methoxy groups -OCH3 is 2. The van der Waals surface area contributed by atoms with Crippen LogP contribution in [0.2, 0.25) is 0 Å². The highest BCUT2D eigenvalue weighted by Crippen LogP contribution is 2.30. The number of ether oxygens (including phenoxy) is 3. The summed E-state index contributed by atoms with van der Waals surface area (Å²) in [4.78, 5) is 24.6. The molecular weight excluding hydrogens is 346 g/mol. The van der Waals surface area contributed by atoms with Crippen molar-refractivity contribution in [2.75, 3.05) is 14.2 Å². The van der Waals surface area contributed by atoms with Gasteiger partial charge in [-0.05, 0) is 42.9 Å². The summed E-state index contributed by atoms with van der Waals surface area (Å²) in [5.74, 6) is 1.48. The topological polar surface area (TPSA) is 73.9 Å². The molecule has 0 saturated heterocycles. The maximum atomic E-state index is 12.4. The summed E-state index contributed by atoms with van der Waals surface area (Å²) in [6.45, 7) is 6.00. The Hall–Kier alpha value is -2.24. The summed E-state index contributed by atoms with van der Waals surface area (Å²) in [7, 11) is 3.10. The minimum atomic E-state index is -0.818. The number of carbonyl (C=O) groups is 2. The molecule has 0 heterocycles. The third-order valence-electron chi connectivity index (χ3n) is 5.51. The first-order chi connectivity index (χ1) is 12.8. The summed E-state index contributed by atoms with van der Waals surface area (Å²) in [6.07, 6.45) is 2.54. The number of nitrogens with one attached hydrogen (secondary N) is 1. The van der Waals surface area contributed by atoms with Gasteiger partial charge in [-0.3, -0.25) is 9.59 Å². The van der Waals surface area contributed by atoms with Crippen molar-refractivity contribution >= 4 is 11.9 Å². The first-order valence-corrected chi connectivity index (χ1v) is 9.56. The Bertz CT molecular complexity index is 660. The second-order valence-electron chi connectivity index (χ2n) is 7.38. The predicted molar refractivity (Wildman–Crippen MR) is 103 cm³/mol. The first kappa shape index (κ1) is 21.1. The molecule has 1 N–H and O–H groups in total. The molecule has 0 spiro atoms. The molecule has 6 heteroatoms. The third kappa shape index (κ3) is 5.62. The van der Waals surface area contributed by atoms with E-state index in [4.69, 9.17) is 14.2 Å². The second kappa shape index (κ2) is 9.62. The number of hydrogen-bond donors (Lipinski definition) is 1. The quantitative estimate of drug-likeness (QED) is 0.739.